The van der Waals surface area contributed by atoms with Gasteiger partial charge in [0, 0.05) is 40.2 Å². The number of hydrogen-bond acceptors (Lipinski definition) is 3. The van der Waals surface area contributed by atoms with E-state index in [9.17, 15) is 9.59 Å². The molecule has 0 atom stereocenters. The smallest absolute Gasteiger partial charge is 0.221 e. The van der Waals surface area contributed by atoms with E-state index in [4.69, 9.17) is 4.74 Å². The Morgan fingerprint density at radius 3 is 2.47 bits per heavy atom. The molecule has 5 nitrogen and oxygen atoms in total. The summed E-state index contributed by atoms with van der Waals surface area (Å²) < 4.78 is 4.88. The molecule has 0 spiro atoms. The Bertz CT molecular complexity index is 195. The minimum atomic E-state index is -0.108. The van der Waals surface area contributed by atoms with Crippen LogP contribution >= 0.6 is 0 Å². The molecule has 0 aliphatic heterocycles. The van der Waals surface area contributed by atoms with E-state index in [1.54, 1.807) is 7.11 Å². The summed E-state index contributed by atoms with van der Waals surface area (Å²) in [6.45, 7) is 3.23. The summed E-state index contributed by atoms with van der Waals surface area (Å²) in [5, 5.41) is 5.34. The maximum atomic E-state index is 11.2. The van der Waals surface area contributed by atoms with Gasteiger partial charge in [0.05, 0.1) is 0 Å². The van der Waals surface area contributed by atoms with Gasteiger partial charge in [0.1, 0.15) is 0 Å². The lowest BCUT2D eigenvalue weighted by molar-refractivity contribution is -0.121. The lowest BCUT2D eigenvalue weighted by Gasteiger charge is -2.05. The lowest BCUT2D eigenvalue weighted by atomic mass is 10.3. The zero-order valence-electron chi connectivity index (χ0n) is 9.47. The molecular weight excluding hydrogens is 196 g/mol. The maximum absolute atomic E-state index is 11.2. The molecule has 0 radical (unpaired) electrons. The molecule has 15 heavy (non-hydrogen) atoms. The van der Waals surface area contributed by atoms with E-state index in [1.807, 2.05) is 0 Å². The molecular formula is C10H20N2O3. The zero-order chi connectivity index (χ0) is 11.5. The van der Waals surface area contributed by atoms with E-state index >= 15 is 0 Å². The number of rotatable bonds is 8. The summed E-state index contributed by atoms with van der Waals surface area (Å²) in [6.07, 6.45) is 2.20. The summed E-state index contributed by atoms with van der Waals surface area (Å²) in [5.41, 5.74) is 0. The third-order valence-corrected chi connectivity index (χ3v) is 1.82. The van der Waals surface area contributed by atoms with E-state index in [1.165, 1.54) is 6.92 Å². The number of nitrogens with one attached hydrogen (secondary N) is 2. The molecule has 2 amide bonds. The summed E-state index contributed by atoms with van der Waals surface area (Å²) in [7, 11) is 1.66. The largest absolute Gasteiger partial charge is 0.385 e. The number of carbonyl (C=O) groups is 2. The number of amides is 2. The molecule has 0 rings (SSSR count). The van der Waals surface area contributed by atoms with E-state index in [0.29, 0.717) is 19.5 Å². The maximum Gasteiger partial charge on any atom is 0.221 e. The Balaban J connectivity index is 3.22. The minimum Gasteiger partial charge on any atom is -0.385 e. The van der Waals surface area contributed by atoms with Gasteiger partial charge < -0.3 is 15.4 Å². The van der Waals surface area contributed by atoms with E-state index in [2.05, 4.69) is 10.6 Å². The van der Waals surface area contributed by atoms with Gasteiger partial charge in [-0.05, 0) is 12.8 Å². The number of unbranched alkanes of at least 4 members (excludes halogenated alkanes) is 1. The van der Waals surface area contributed by atoms with Crippen molar-refractivity contribution in [2.75, 3.05) is 26.8 Å². The van der Waals surface area contributed by atoms with Gasteiger partial charge in [0.15, 0.2) is 0 Å². The van der Waals surface area contributed by atoms with Crippen molar-refractivity contribution in [1.82, 2.24) is 10.6 Å². The van der Waals surface area contributed by atoms with Crippen LogP contribution in [0.25, 0.3) is 0 Å². The zero-order valence-corrected chi connectivity index (χ0v) is 9.47. The SMILES string of the molecule is COCCCCNC(=O)CCNC(C)=O. The first kappa shape index (κ1) is 13.9. The summed E-state index contributed by atoms with van der Waals surface area (Å²) >= 11 is 0. The van der Waals surface area contributed by atoms with Crippen molar-refractivity contribution in [3.05, 3.63) is 0 Å². The minimum absolute atomic E-state index is 0.0267. The van der Waals surface area contributed by atoms with Crippen LogP contribution in [0.15, 0.2) is 0 Å². The van der Waals surface area contributed by atoms with E-state index < -0.39 is 0 Å². The Labute approximate surface area is 90.6 Å². The molecule has 0 aromatic rings. The average Bonchev–Trinajstić information content (AvgIpc) is 2.17. The van der Waals surface area contributed by atoms with Crippen molar-refractivity contribution in [3.8, 4) is 0 Å². The number of hydrogen-bond donors (Lipinski definition) is 2. The van der Waals surface area contributed by atoms with Gasteiger partial charge in [0.25, 0.3) is 0 Å². The highest BCUT2D eigenvalue weighted by atomic mass is 16.5. The van der Waals surface area contributed by atoms with Crippen molar-refractivity contribution < 1.29 is 14.3 Å². The van der Waals surface area contributed by atoms with Crippen LogP contribution in [0.1, 0.15) is 26.2 Å². The van der Waals surface area contributed by atoms with Gasteiger partial charge in [-0.3, -0.25) is 9.59 Å². The van der Waals surface area contributed by atoms with Crippen LogP contribution in [0.5, 0.6) is 0 Å². The summed E-state index contributed by atoms with van der Waals surface area (Å²) in [6, 6.07) is 0. The highest BCUT2D eigenvalue weighted by molar-refractivity contribution is 5.77. The predicted molar refractivity (Wildman–Crippen MR) is 57.4 cm³/mol. The van der Waals surface area contributed by atoms with Crippen molar-refractivity contribution >= 4 is 11.8 Å². The molecule has 0 aromatic carbocycles. The summed E-state index contributed by atoms with van der Waals surface area (Å²) in [5.74, 6) is -0.135. The highest BCUT2D eigenvalue weighted by Crippen LogP contribution is 1.87. The van der Waals surface area contributed by atoms with Crippen molar-refractivity contribution in [1.29, 1.82) is 0 Å². The van der Waals surface area contributed by atoms with E-state index in [0.717, 1.165) is 19.4 Å². The second-order valence-electron chi connectivity index (χ2n) is 3.28. The Morgan fingerprint density at radius 1 is 1.13 bits per heavy atom. The normalized spacial score (nSPS) is 9.73. The second-order valence-corrected chi connectivity index (χ2v) is 3.28. The van der Waals surface area contributed by atoms with Crippen LogP contribution < -0.4 is 10.6 Å². The number of methoxy groups -OCH3 is 1. The fourth-order valence-corrected chi connectivity index (χ4v) is 1.04. The van der Waals surface area contributed by atoms with Gasteiger partial charge in [-0.1, -0.05) is 0 Å². The fraction of sp³-hybridized carbons (Fsp3) is 0.800. The van der Waals surface area contributed by atoms with Gasteiger partial charge in [-0.2, -0.15) is 0 Å². The second kappa shape index (κ2) is 9.45. The standard InChI is InChI=1S/C10H20N2O3/c1-9(13)11-7-5-10(14)12-6-3-4-8-15-2/h3-8H2,1-2H3,(H,11,13)(H,12,14). The third-order valence-electron chi connectivity index (χ3n) is 1.82. The molecule has 0 saturated carbocycles. The van der Waals surface area contributed by atoms with Crippen LogP contribution in [0.3, 0.4) is 0 Å². The number of carbonyl (C=O) groups excluding carboxylic acids is 2. The van der Waals surface area contributed by atoms with Crippen LogP contribution in [0.4, 0.5) is 0 Å². The molecule has 0 aliphatic rings. The Hall–Kier alpha value is -1.10. The first-order chi connectivity index (χ1) is 7.16. The van der Waals surface area contributed by atoms with Gasteiger partial charge >= 0.3 is 0 Å². The molecule has 0 aliphatic carbocycles. The molecule has 0 aromatic heterocycles. The monoisotopic (exact) mass is 216 g/mol. The predicted octanol–water partition coefficient (Wildman–Crippen LogP) is 0.0554. The van der Waals surface area contributed by atoms with Crippen LogP contribution in [-0.4, -0.2) is 38.6 Å². The number of ether oxygens (including phenoxy) is 1. The molecule has 0 unspecified atom stereocenters. The summed E-state index contributed by atoms with van der Waals surface area (Å²) in [4.78, 5) is 21.7. The van der Waals surface area contributed by atoms with Gasteiger partial charge in [-0.15, -0.1) is 0 Å². The third kappa shape index (κ3) is 10.8. The van der Waals surface area contributed by atoms with Crippen molar-refractivity contribution in [2.24, 2.45) is 0 Å². The topological polar surface area (TPSA) is 67.4 Å². The molecule has 88 valence electrons. The van der Waals surface area contributed by atoms with Crippen LogP contribution in [0.2, 0.25) is 0 Å². The molecule has 0 heterocycles. The molecule has 2 N–H and O–H groups in total. The van der Waals surface area contributed by atoms with E-state index in [-0.39, 0.29) is 11.8 Å². The molecule has 0 fully saturated rings. The molecule has 0 saturated heterocycles. The highest BCUT2D eigenvalue weighted by Gasteiger charge is 2.00. The Kier molecular flexibility index (Phi) is 8.76. The van der Waals surface area contributed by atoms with Crippen molar-refractivity contribution in [2.45, 2.75) is 26.2 Å². The first-order valence-electron chi connectivity index (χ1n) is 5.17. The van der Waals surface area contributed by atoms with Gasteiger partial charge in [-0.25, -0.2) is 0 Å². The molecule has 5 heteroatoms. The lowest BCUT2D eigenvalue weighted by Crippen LogP contribution is -2.30. The first-order valence-corrected chi connectivity index (χ1v) is 5.17. The quantitative estimate of drug-likeness (QED) is 0.564. The average molecular weight is 216 g/mol. The van der Waals surface area contributed by atoms with Gasteiger partial charge in [0.2, 0.25) is 11.8 Å². The van der Waals surface area contributed by atoms with Crippen LogP contribution in [-0.2, 0) is 14.3 Å². The van der Waals surface area contributed by atoms with Crippen molar-refractivity contribution in [3.63, 3.8) is 0 Å². The molecule has 0 bridgehead atoms. The Morgan fingerprint density at radius 2 is 1.87 bits per heavy atom. The van der Waals surface area contributed by atoms with Crippen LogP contribution in [0, 0.1) is 0 Å². The fourth-order valence-electron chi connectivity index (χ4n) is 1.04.